The number of unbranched alkanes of at least 4 members (excludes halogenated alkanes) is 4. The highest BCUT2D eigenvalue weighted by atomic mass is 32.2. The summed E-state index contributed by atoms with van der Waals surface area (Å²) in [5, 5.41) is 2.65. The van der Waals surface area contributed by atoms with Gasteiger partial charge in [0.25, 0.3) is 10.1 Å². The van der Waals surface area contributed by atoms with Gasteiger partial charge >= 0.3 is 0 Å². The minimum absolute atomic E-state index is 0.166. The first-order valence-corrected chi connectivity index (χ1v) is 6.92. The van der Waals surface area contributed by atoms with E-state index in [1.165, 1.54) is 6.08 Å². The summed E-state index contributed by atoms with van der Waals surface area (Å²) in [6, 6.07) is 0. The van der Waals surface area contributed by atoms with Gasteiger partial charge in [-0.15, -0.1) is 0 Å². The number of carbonyl (C=O) groups excluding carboxylic acids is 1. The van der Waals surface area contributed by atoms with Crippen molar-refractivity contribution in [1.29, 1.82) is 0 Å². The zero-order chi connectivity index (χ0) is 12.4. The molecule has 0 heterocycles. The van der Waals surface area contributed by atoms with Gasteiger partial charge in [-0.05, 0) is 18.9 Å². The minimum Gasteiger partial charge on any atom is -0.353 e. The highest BCUT2D eigenvalue weighted by Gasteiger charge is 2.02. The molecule has 6 heteroatoms. The molecule has 0 aliphatic carbocycles. The lowest BCUT2D eigenvalue weighted by molar-refractivity contribution is -0.116. The molecule has 94 valence electrons. The van der Waals surface area contributed by atoms with E-state index in [2.05, 4.69) is 11.9 Å². The Hall–Kier alpha value is -0.880. The van der Waals surface area contributed by atoms with E-state index >= 15 is 0 Å². The van der Waals surface area contributed by atoms with E-state index in [0.717, 1.165) is 25.7 Å². The summed E-state index contributed by atoms with van der Waals surface area (Å²) >= 11 is 0. The molecule has 0 spiro atoms. The van der Waals surface area contributed by atoms with Gasteiger partial charge in [0.1, 0.15) is 0 Å². The van der Waals surface area contributed by atoms with Gasteiger partial charge < -0.3 is 5.32 Å². The van der Waals surface area contributed by atoms with Crippen molar-refractivity contribution < 1.29 is 17.8 Å². The molecule has 0 aromatic heterocycles. The number of carbonyl (C=O) groups is 1. The fourth-order valence-electron chi connectivity index (χ4n) is 1.22. The van der Waals surface area contributed by atoms with Crippen molar-refractivity contribution in [3.63, 3.8) is 0 Å². The molecule has 0 unspecified atom stereocenters. The van der Waals surface area contributed by atoms with E-state index in [-0.39, 0.29) is 11.7 Å². The lowest BCUT2D eigenvalue weighted by atomic mass is 10.1. The smallest absolute Gasteiger partial charge is 0.264 e. The zero-order valence-corrected chi connectivity index (χ0v) is 10.1. The molecule has 0 aliphatic heterocycles. The number of hydrogen-bond donors (Lipinski definition) is 2. The van der Waals surface area contributed by atoms with Crippen molar-refractivity contribution in [2.24, 2.45) is 0 Å². The number of nitrogens with one attached hydrogen (secondary N) is 1. The molecule has 0 saturated carbocycles. The summed E-state index contributed by atoms with van der Waals surface area (Å²) in [6.07, 6.45) is 5.19. The second kappa shape index (κ2) is 8.29. The molecule has 5 nitrogen and oxygen atoms in total. The van der Waals surface area contributed by atoms with Crippen LogP contribution in [-0.4, -0.2) is 31.2 Å². The Labute approximate surface area is 96.7 Å². The van der Waals surface area contributed by atoms with Crippen LogP contribution in [0.25, 0.3) is 0 Å². The third-order valence-electron chi connectivity index (χ3n) is 2.06. The molecule has 2 N–H and O–H groups in total. The molecule has 0 aliphatic rings. The first kappa shape index (κ1) is 15.1. The Morgan fingerprint density at radius 2 is 1.75 bits per heavy atom. The highest BCUT2D eigenvalue weighted by molar-refractivity contribution is 7.85. The molecule has 16 heavy (non-hydrogen) atoms. The average molecular weight is 249 g/mol. The first-order chi connectivity index (χ1) is 7.45. The fraction of sp³-hybridized carbons (Fsp3) is 0.700. The quantitative estimate of drug-likeness (QED) is 0.364. The van der Waals surface area contributed by atoms with Gasteiger partial charge in [-0.25, -0.2) is 0 Å². The predicted octanol–water partition coefficient (Wildman–Crippen LogP) is 1.13. The van der Waals surface area contributed by atoms with Gasteiger partial charge in [0.15, 0.2) is 0 Å². The van der Waals surface area contributed by atoms with Crippen molar-refractivity contribution in [2.45, 2.75) is 32.1 Å². The van der Waals surface area contributed by atoms with Gasteiger partial charge in [-0.3, -0.25) is 9.35 Å². The van der Waals surface area contributed by atoms with Crippen LogP contribution >= 0.6 is 0 Å². The second-order valence-electron chi connectivity index (χ2n) is 3.55. The number of amides is 1. The maximum Gasteiger partial charge on any atom is 0.264 e. The SMILES string of the molecule is C=CC(=O)NCCCCCCCS(=O)(=O)O. The Morgan fingerprint density at radius 1 is 1.19 bits per heavy atom. The summed E-state index contributed by atoms with van der Waals surface area (Å²) < 4.78 is 29.2. The van der Waals surface area contributed by atoms with Gasteiger partial charge in [0, 0.05) is 6.54 Å². The van der Waals surface area contributed by atoms with E-state index in [1.807, 2.05) is 0 Å². The molecular weight excluding hydrogens is 230 g/mol. The van der Waals surface area contributed by atoms with E-state index in [9.17, 15) is 13.2 Å². The average Bonchev–Trinajstić information content (AvgIpc) is 2.20. The third kappa shape index (κ3) is 11.2. The van der Waals surface area contributed by atoms with Gasteiger partial charge in [-0.2, -0.15) is 8.42 Å². The number of rotatable bonds is 9. The second-order valence-corrected chi connectivity index (χ2v) is 5.12. The molecule has 0 aromatic rings. The third-order valence-corrected chi connectivity index (χ3v) is 2.87. The molecule has 0 fully saturated rings. The minimum atomic E-state index is -3.80. The summed E-state index contributed by atoms with van der Waals surface area (Å²) in [4.78, 5) is 10.7. The van der Waals surface area contributed by atoms with Gasteiger partial charge in [0.05, 0.1) is 5.75 Å². The summed E-state index contributed by atoms with van der Waals surface area (Å²) in [5.41, 5.74) is 0. The Balaban J connectivity index is 3.22. The van der Waals surface area contributed by atoms with Crippen molar-refractivity contribution in [3.05, 3.63) is 12.7 Å². The maximum absolute atomic E-state index is 10.7. The Kier molecular flexibility index (Phi) is 7.84. The lowest BCUT2D eigenvalue weighted by Crippen LogP contribution is -2.21. The van der Waals surface area contributed by atoms with E-state index in [0.29, 0.717) is 13.0 Å². The van der Waals surface area contributed by atoms with Crippen molar-refractivity contribution >= 4 is 16.0 Å². The van der Waals surface area contributed by atoms with Crippen LogP contribution in [0.1, 0.15) is 32.1 Å². The van der Waals surface area contributed by atoms with Crippen LogP contribution in [0.15, 0.2) is 12.7 Å². The van der Waals surface area contributed by atoms with Crippen molar-refractivity contribution in [2.75, 3.05) is 12.3 Å². The molecule has 0 atom stereocenters. The topological polar surface area (TPSA) is 83.5 Å². The van der Waals surface area contributed by atoms with Crippen molar-refractivity contribution in [1.82, 2.24) is 5.32 Å². The summed E-state index contributed by atoms with van der Waals surface area (Å²) in [6.45, 7) is 3.94. The van der Waals surface area contributed by atoms with Crippen LogP contribution < -0.4 is 5.32 Å². The van der Waals surface area contributed by atoms with E-state index < -0.39 is 10.1 Å². The summed E-state index contributed by atoms with van der Waals surface area (Å²) in [7, 11) is -3.80. The standard InChI is InChI=1S/C10H19NO4S/c1-2-10(12)11-8-6-4-3-5-7-9-16(13,14)15/h2H,1,3-9H2,(H,11,12)(H,13,14,15). The van der Waals surface area contributed by atoms with Crippen molar-refractivity contribution in [3.8, 4) is 0 Å². The van der Waals surface area contributed by atoms with Crippen LogP contribution in [-0.2, 0) is 14.9 Å². The molecule has 0 aromatic carbocycles. The zero-order valence-electron chi connectivity index (χ0n) is 9.31. The largest absolute Gasteiger partial charge is 0.353 e. The molecule has 1 amide bonds. The first-order valence-electron chi connectivity index (χ1n) is 5.31. The fourth-order valence-corrected chi connectivity index (χ4v) is 1.79. The maximum atomic E-state index is 10.7. The molecule has 0 saturated heterocycles. The van der Waals surface area contributed by atoms with Crippen LogP contribution in [0.4, 0.5) is 0 Å². The monoisotopic (exact) mass is 249 g/mol. The molecule has 0 radical (unpaired) electrons. The number of hydrogen-bond acceptors (Lipinski definition) is 3. The van der Waals surface area contributed by atoms with Crippen LogP contribution in [0.3, 0.4) is 0 Å². The Morgan fingerprint density at radius 3 is 2.31 bits per heavy atom. The van der Waals surface area contributed by atoms with Gasteiger partial charge in [0.2, 0.25) is 5.91 Å². The van der Waals surface area contributed by atoms with Crippen LogP contribution in [0, 0.1) is 0 Å². The normalized spacial score (nSPS) is 11.1. The lowest BCUT2D eigenvalue weighted by Gasteiger charge is -2.02. The predicted molar refractivity (Wildman–Crippen MR) is 62.7 cm³/mol. The molecule has 0 rings (SSSR count). The van der Waals surface area contributed by atoms with Gasteiger partial charge in [-0.1, -0.05) is 25.8 Å². The van der Waals surface area contributed by atoms with E-state index in [4.69, 9.17) is 4.55 Å². The molecular formula is C10H19NO4S. The Bertz CT molecular complexity index is 311. The molecule has 0 bridgehead atoms. The highest BCUT2D eigenvalue weighted by Crippen LogP contribution is 2.03. The summed E-state index contributed by atoms with van der Waals surface area (Å²) in [5.74, 6) is -0.341. The van der Waals surface area contributed by atoms with Crippen LogP contribution in [0.5, 0.6) is 0 Å². The van der Waals surface area contributed by atoms with E-state index in [1.54, 1.807) is 0 Å². The van der Waals surface area contributed by atoms with Crippen LogP contribution in [0.2, 0.25) is 0 Å².